The van der Waals surface area contributed by atoms with E-state index in [1.54, 1.807) is 10.5 Å². The number of nitrogens with zero attached hydrogens (tertiary/aromatic N) is 4. The normalized spacial score (nSPS) is 21.0. The van der Waals surface area contributed by atoms with Crippen LogP contribution in [0.2, 0.25) is 0 Å². The van der Waals surface area contributed by atoms with Crippen molar-refractivity contribution in [3.05, 3.63) is 29.6 Å². The van der Waals surface area contributed by atoms with Crippen molar-refractivity contribution in [3.63, 3.8) is 0 Å². The topological polar surface area (TPSA) is 67.6 Å². The highest BCUT2D eigenvalue weighted by Crippen LogP contribution is 2.32. The van der Waals surface area contributed by atoms with E-state index in [0.29, 0.717) is 6.54 Å². The predicted octanol–water partition coefficient (Wildman–Crippen LogP) is 1.83. The van der Waals surface area contributed by atoms with Crippen molar-refractivity contribution < 1.29 is 8.42 Å². The Morgan fingerprint density at radius 1 is 1.29 bits per heavy atom. The van der Waals surface area contributed by atoms with Gasteiger partial charge in [0.15, 0.2) is 0 Å². The Labute approximate surface area is 124 Å². The Balaban J connectivity index is 2.20. The van der Waals surface area contributed by atoms with Gasteiger partial charge in [0.2, 0.25) is 10.0 Å². The Morgan fingerprint density at radius 2 is 2.05 bits per heavy atom. The Hall–Kier alpha value is -1.47. The summed E-state index contributed by atoms with van der Waals surface area (Å²) in [7, 11) is -3.24. The fourth-order valence-corrected chi connectivity index (χ4v) is 4.24. The lowest BCUT2D eigenvalue weighted by Crippen LogP contribution is -2.39. The summed E-state index contributed by atoms with van der Waals surface area (Å²) in [6.45, 7) is 4.41. The molecule has 0 aromatic carbocycles. The van der Waals surface area contributed by atoms with Crippen LogP contribution in [-0.2, 0) is 10.0 Å². The molecule has 2 aromatic heterocycles. The second-order valence-electron chi connectivity index (χ2n) is 5.71. The third-order valence-corrected chi connectivity index (χ3v) is 5.31. The van der Waals surface area contributed by atoms with Gasteiger partial charge in [0.05, 0.1) is 24.0 Å². The zero-order valence-corrected chi connectivity index (χ0v) is 13.4. The molecule has 0 saturated carbocycles. The smallest absolute Gasteiger partial charge is 0.211 e. The monoisotopic (exact) mass is 308 g/mol. The second kappa shape index (κ2) is 5.06. The number of aromatic nitrogens is 3. The quantitative estimate of drug-likeness (QED) is 0.849. The van der Waals surface area contributed by atoms with Crippen LogP contribution in [0.15, 0.2) is 12.3 Å². The van der Waals surface area contributed by atoms with Crippen molar-refractivity contribution in [1.29, 1.82) is 0 Å². The molecule has 0 radical (unpaired) electrons. The number of hydrogen-bond acceptors (Lipinski definition) is 4. The molecule has 1 aliphatic rings. The number of rotatable bonds is 2. The number of fused-ring (bicyclic) bond motifs is 1. The molecule has 1 atom stereocenters. The summed E-state index contributed by atoms with van der Waals surface area (Å²) < 4.78 is 27.7. The fourth-order valence-electron chi connectivity index (χ4n) is 3.12. The van der Waals surface area contributed by atoms with Gasteiger partial charge < -0.3 is 0 Å². The molecule has 1 fully saturated rings. The molecule has 0 N–H and O–H groups in total. The average Bonchev–Trinajstić information content (AvgIpc) is 2.78. The minimum absolute atomic E-state index is 0.205. The molecule has 114 valence electrons. The van der Waals surface area contributed by atoms with Gasteiger partial charge in [-0.3, -0.25) is 4.40 Å². The van der Waals surface area contributed by atoms with Crippen LogP contribution in [0.3, 0.4) is 0 Å². The van der Waals surface area contributed by atoms with Crippen molar-refractivity contribution in [2.24, 2.45) is 0 Å². The van der Waals surface area contributed by atoms with E-state index >= 15 is 0 Å². The summed E-state index contributed by atoms with van der Waals surface area (Å²) in [5.74, 6) is 1.62. The van der Waals surface area contributed by atoms with Crippen LogP contribution >= 0.6 is 0 Å². The van der Waals surface area contributed by atoms with Crippen LogP contribution in [0.5, 0.6) is 0 Å². The van der Waals surface area contributed by atoms with Gasteiger partial charge >= 0.3 is 0 Å². The molecular formula is C14H20N4O2S. The third kappa shape index (κ3) is 2.55. The van der Waals surface area contributed by atoms with E-state index in [1.807, 2.05) is 24.3 Å². The first kappa shape index (κ1) is 14.5. The molecule has 0 spiro atoms. The van der Waals surface area contributed by atoms with E-state index in [1.165, 1.54) is 6.26 Å². The standard InChI is InChI=1S/C14H20N4O2S/c1-10-8-12-9-15-11(2)18(12)14(16-10)13-6-4-5-7-17(13)21(3,19)20/h8-9,13H,4-7H2,1-3H3. The van der Waals surface area contributed by atoms with Gasteiger partial charge in [-0.25, -0.2) is 18.4 Å². The van der Waals surface area contributed by atoms with Gasteiger partial charge in [0.25, 0.3) is 0 Å². The predicted molar refractivity (Wildman–Crippen MR) is 80.6 cm³/mol. The molecule has 3 heterocycles. The third-order valence-electron chi connectivity index (χ3n) is 4.02. The minimum atomic E-state index is -3.24. The molecule has 21 heavy (non-hydrogen) atoms. The first-order valence-electron chi connectivity index (χ1n) is 7.16. The zero-order chi connectivity index (χ0) is 15.2. The summed E-state index contributed by atoms with van der Waals surface area (Å²) in [4.78, 5) is 8.97. The molecule has 6 nitrogen and oxygen atoms in total. The van der Waals surface area contributed by atoms with Crippen molar-refractivity contribution in [3.8, 4) is 0 Å². The maximum absolute atomic E-state index is 12.1. The molecule has 0 amide bonds. The first-order valence-corrected chi connectivity index (χ1v) is 9.01. The number of sulfonamides is 1. The largest absolute Gasteiger partial charge is 0.283 e. The SMILES string of the molecule is Cc1cc2cnc(C)n2c(C2CCCCN2S(C)(=O)=O)n1. The van der Waals surface area contributed by atoms with Gasteiger partial charge in [-0.15, -0.1) is 0 Å². The zero-order valence-electron chi connectivity index (χ0n) is 12.6. The van der Waals surface area contributed by atoms with E-state index in [2.05, 4.69) is 9.97 Å². The minimum Gasteiger partial charge on any atom is -0.283 e. The number of hydrogen-bond donors (Lipinski definition) is 0. The highest BCUT2D eigenvalue weighted by molar-refractivity contribution is 7.88. The van der Waals surface area contributed by atoms with Crippen LogP contribution in [0.1, 0.15) is 42.6 Å². The van der Waals surface area contributed by atoms with Gasteiger partial charge in [-0.05, 0) is 32.8 Å². The van der Waals surface area contributed by atoms with E-state index in [4.69, 9.17) is 0 Å². The molecule has 3 rings (SSSR count). The van der Waals surface area contributed by atoms with E-state index in [-0.39, 0.29) is 6.04 Å². The number of aryl methyl sites for hydroxylation is 2. The molecule has 1 saturated heterocycles. The van der Waals surface area contributed by atoms with Gasteiger partial charge in [-0.2, -0.15) is 4.31 Å². The van der Waals surface area contributed by atoms with Crippen molar-refractivity contribution >= 4 is 15.5 Å². The summed E-state index contributed by atoms with van der Waals surface area (Å²) in [5, 5.41) is 0. The highest BCUT2D eigenvalue weighted by atomic mass is 32.2. The lowest BCUT2D eigenvalue weighted by atomic mass is 10.0. The molecule has 0 aliphatic carbocycles. The van der Waals surface area contributed by atoms with Crippen LogP contribution in [0, 0.1) is 13.8 Å². The molecular weight excluding hydrogens is 288 g/mol. The van der Waals surface area contributed by atoms with Crippen LogP contribution < -0.4 is 0 Å². The summed E-state index contributed by atoms with van der Waals surface area (Å²) in [6.07, 6.45) is 5.80. The Morgan fingerprint density at radius 3 is 2.76 bits per heavy atom. The van der Waals surface area contributed by atoms with Crippen molar-refractivity contribution in [2.75, 3.05) is 12.8 Å². The van der Waals surface area contributed by atoms with E-state index < -0.39 is 10.0 Å². The molecule has 0 bridgehead atoms. The van der Waals surface area contributed by atoms with Crippen LogP contribution in [0.4, 0.5) is 0 Å². The van der Waals surface area contributed by atoms with Crippen LogP contribution in [0.25, 0.3) is 5.52 Å². The van der Waals surface area contributed by atoms with E-state index in [9.17, 15) is 8.42 Å². The molecule has 2 aromatic rings. The van der Waals surface area contributed by atoms with E-state index in [0.717, 1.165) is 42.1 Å². The molecule has 1 aliphatic heterocycles. The maximum Gasteiger partial charge on any atom is 0.211 e. The summed E-state index contributed by atoms with van der Waals surface area (Å²) in [6, 6.07) is 1.76. The Bertz CT molecular complexity index is 782. The molecule has 7 heteroatoms. The number of imidazole rings is 1. The lowest BCUT2D eigenvalue weighted by Gasteiger charge is -2.33. The Kier molecular flexibility index (Phi) is 3.49. The van der Waals surface area contributed by atoms with Crippen LogP contribution in [-0.4, -0.2) is 39.9 Å². The number of piperidine rings is 1. The van der Waals surface area contributed by atoms with Crippen molar-refractivity contribution in [1.82, 2.24) is 18.7 Å². The first-order chi connectivity index (χ1) is 9.88. The highest BCUT2D eigenvalue weighted by Gasteiger charge is 2.33. The van der Waals surface area contributed by atoms with Gasteiger partial charge in [0.1, 0.15) is 11.6 Å². The van der Waals surface area contributed by atoms with Crippen molar-refractivity contribution in [2.45, 2.75) is 39.2 Å². The lowest BCUT2D eigenvalue weighted by molar-refractivity contribution is 0.246. The van der Waals surface area contributed by atoms with Gasteiger partial charge in [-0.1, -0.05) is 6.42 Å². The van der Waals surface area contributed by atoms with Gasteiger partial charge in [0, 0.05) is 12.2 Å². The molecule has 1 unspecified atom stereocenters. The fraction of sp³-hybridized carbons (Fsp3) is 0.571. The maximum atomic E-state index is 12.1. The second-order valence-corrected chi connectivity index (χ2v) is 7.64. The average molecular weight is 308 g/mol. The summed E-state index contributed by atoms with van der Waals surface area (Å²) >= 11 is 0. The summed E-state index contributed by atoms with van der Waals surface area (Å²) in [5.41, 5.74) is 1.85.